The average Bonchev–Trinajstić information content (AvgIpc) is 2.43. The molecule has 0 aliphatic rings. The second kappa shape index (κ2) is 5.49. The Kier molecular flexibility index (Phi) is 3.77. The summed E-state index contributed by atoms with van der Waals surface area (Å²) >= 11 is 0. The van der Waals surface area contributed by atoms with Gasteiger partial charge in [-0.05, 0) is 17.7 Å². The molecular weight excluding hydrogens is 249 g/mol. The van der Waals surface area contributed by atoms with Crippen LogP contribution in [0.25, 0.3) is 0 Å². The molecule has 2 rings (SSSR count). The highest BCUT2D eigenvalue weighted by molar-refractivity contribution is 5.95. The van der Waals surface area contributed by atoms with Gasteiger partial charge in [0, 0.05) is 6.07 Å². The molecule has 0 aliphatic heterocycles. The first-order chi connectivity index (χ1) is 9.08. The van der Waals surface area contributed by atoms with Crippen molar-refractivity contribution in [2.75, 3.05) is 5.32 Å². The first-order valence-corrected chi connectivity index (χ1v) is 5.60. The fraction of sp³-hybridized carbons (Fsp3) is 0.0714. The van der Waals surface area contributed by atoms with Gasteiger partial charge in [0.25, 0.3) is 5.91 Å². The molecule has 1 amide bonds. The van der Waals surface area contributed by atoms with Gasteiger partial charge in [-0.1, -0.05) is 30.3 Å². The summed E-state index contributed by atoms with van der Waals surface area (Å²) in [5, 5.41) is 21.6. The zero-order valence-electron chi connectivity index (χ0n) is 9.88. The summed E-state index contributed by atoms with van der Waals surface area (Å²) in [4.78, 5) is 11.8. The van der Waals surface area contributed by atoms with Crippen LogP contribution in [0.1, 0.15) is 11.7 Å². The van der Waals surface area contributed by atoms with Gasteiger partial charge in [-0.15, -0.1) is 0 Å². The molecule has 1 atom stereocenters. The van der Waals surface area contributed by atoms with E-state index in [1.54, 1.807) is 30.3 Å². The highest BCUT2D eigenvalue weighted by Gasteiger charge is 2.18. The molecule has 1 unspecified atom stereocenters. The summed E-state index contributed by atoms with van der Waals surface area (Å²) in [6, 6.07) is 11.5. The van der Waals surface area contributed by atoms with Crippen molar-refractivity contribution in [2.45, 2.75) is 6.10 Å². The molecule has 0 bridgehead atoms. The smallest absolute Gasteiger partial charge is 0.257 e. The molecule has 0 aliphatic carbocycles. The highest BCUT2D eigenvalue weighted by atomic mass is 19.1. The van der Waals surface area contributed by atoms with Gasteiger partial charge in [-0.3, -0.25) is 4.79 Å². The maximum absolute atomic E-state index is 13.0. The standard InChI is InChI=1S/C14H12FNO3/c15-10-6-7-12(17)11(8-10)16-14(19)13(18)9-4-2-1-3-5-9/h1-8,13,17-18H,(H,16,19). The number of carbonyl (C=O) groups is 1. The normalized spacial score (nSPS) is 11.9. The molecule has 0 saturated heterocycles. The predicted octanol–water partition coefficient (Wildman–Crippen LogP) is 2.20. The molecule has 19 heavy (non-hydrogen) atoms. The summed E-state index contributed by atoms with van der Waals surface area (Å²) in [5.74, 6) is -1.61. The number of halogens is 1. The van der Waals surface area contributed by atoms with E-state index < -0.39 is 17.8 Å². The Morgan fingerprint density at radius 1 is 1.16 bits per heavy atom. The minimum Gasteiger partial charge on any atom is -0.506 e. The topological polar surface area (TPSA) is 69.6 Å². The molecule has 0 radical (unpaired) electrons. The number of hydrogen-bond acceptors (Lipinski definition) is 3. The number of rotatable bonds is 3. The van der Waals surface area contributed by atoms with Crippen LogP contribution in [0.2, 0.25) is 0 Å². The van der Waals surface area contributed by atoms with Crippen LogP contribution in [0, 0.1) is 5.82 Å². The van der Waals surface area contributed by atoms with Gasteiger partial charge in [0.05, 0.1) is 5.69 Å². The summed E-state index contributed by atoms with van der Waals surface area (Å²) in [6.45, 7) is 0. The number of phenols is 1. The van der Waals surface area contributed by atoms with E-state index in [0.717, 1.165) is 18.2 Å². The molecule has 5 heteroatoms. The van der Waals surface area contributed by atoms with E-state index in [1.807, 2.05) is 0 Å². The van der Waals surface area contributed by atoms with Crippen molar-refractivity contribution >= 4 is 11.6 Å². The molecule has 0 fully saturated rings. The lowest BCUT2D eigenvalue weighted by Gasteiger charge is -2.12. The Balaban J connectivity index is 2.15. The lowest BCUT2D eigenvalue weighted by atomic mass is 10.1. The minimum atomic E-state index is -1.39. The predicted molar refractivity (Wildman–Crippen MR) is 68.1 cm³/mol. The SMILES string of the molecule is O=C(Nc1cc(F)ccc1O)C(O)c1ccccc1. The molecular formula is C14H12FNO3. The van der Waals surface area contributed by atoms with Crippen molar-refractivity contribution in [3.05, 3.63) is 59.9 Å². The van der Waals surface area contributed by atoms with Crippen LogP contribution in [-0.2, 0) is 4.79 Å². The van der Waals surface area contributed by atoms with Crippen LogP contribution in [-0.4, -0.2) is 16.1 Å². The van der Waals surface area contributed by atoms with Crippen molar-refractivity contribution in [3.63, 3.8) is 0 Å². The first kappa shape index (κ1) is 13.0. The molecule has 0 heterocycles. The molecule has 0 aromatic heterocycles. The maximum atomic E-state index is 13.0. The summed E-state index contributed by atoms with van der Waals surface area (Å²) in [5.41, 5.74) is 0.330. The van der Waals surface area contributed by atoms with E-state index in [1.165, 1.54) is 0 Å². The summed E-state index contributed by atoms with van der Waals surface area (Å²) in [7, 11) is 0. The number of amides is 1. The van der Waals surface area contributed by atoms with Crippen LogP contribution >= 0.6 is 0 Å². The second-order valence-electron chi connectivity index (χ2n) is 3.96. The molecule has 0 saturated carbocycles. The fourth-order valence-electron chi connectivity index (χ4n) is 1.60. The van der Waals surface area contributed by atoms with Gasteiger partial charge in [-0.25, -0.2) is 4.39 Å². The molecule has 2 aromatic carbocycles. The average molecular weight is 261 g/mol. The number of aromatic hydroxyl groups is 1. The van der Waals surface area contributed by atoms with Crippen molar-refractivity contribution in [1.82, 2.24) is 0 Å². The summed E-state index contributed by atoms with van der Waals surface area (Å²) < 4.78 is 13.0. The van der Waals surface area contributed by atoms with Crippen molar-refractivity contribution in [1.29, 1.82) is 0 Å². The van der Waals surface area contributed by atoms with Crippen molar-refractivity contribution in [2.24, 2.45) is 0 Å². The monoisotopic (exact) mass is 261 g/mol. The van der Waals surface area contributed by atoms with E-state index >= 15 is 0 Å². The van der Waals surface area contributed by atoms with E-state index in [-0.39, 0.29) is 11.4 Å². The van der Waals surface area contributed by atoms with Crippen LogP contribution < -0.4 is 5.32 Å². The van der Waals surface area contributed by atoms with Crippen molar-refractivity contribution < 1.29 is 19.4 Å². The number of anilines is 1. The minimum absolute atomic E-state index is 0.0834. The molecule has 0 spiro atoms. The number of benzene rings is 2. The molecule has 98 valence electrons. The van der Waals surface area contributed by atoms with Crippen LogP contribution in [0.3, 0.4) is 0 Å². The fourth-order valence-corrected chi connectivity index (χ4v) is 1.60. The third-order valence-electron chi connectivity index (χ3n) is 2.58. The Bertz CT molecular complexity index is 586. The Morgan fingerprint density at radius 2 is 1.84 bits per heavy atom. The Labute approximate surface area is 109 Å². The van der Waals surface area contributed by atoms with E-state index in [2.05, 4.69) is 5.32 Å². The molecule has 4 nitrogen and oxygen atoms in total. The first-order valence-electron chi connectivity index (χ1n) is 5.60. The van der Waals surface area contributed by atoms with Crippen LogP contribution in [0.5, 0.6) is 5.75 Å². The van der Waals surface area contributed by atoms with Crippen molar-refractivity contribution in [3.8, 4) is 5.75 Å². The molecule has 2 aromatic rings. The number of nitrogens with one attached hydrogen (secondary N) is 1. The van der Waals surface area contributed by atoms with Gasteiger partial charge in [0.2, 0.25) is 0 Å². The third-order valence-corrected chi connectivity index (χ3v) is 2.58. The number of aliphatic hydroxyl groups excluding tert-OH is 1. The van der Waals surface area contributed by atoms with Crippen LogP contribution in [0.4, 0.5) is 10.1 Å². The quantitative estimate of drug-likeness (QED) is 0.742. The third kappa shape index (κ3) is 3.08. The zero-order valence-corrected chi connectivity index (χ0v) is 9.88. The van der Waals surface area contributed by atoms with Gasteiger partial charge in [-0.2, -0.15) is 0 Å². The largest absolute Gasteiger partial charge is 0.506 e. The summed E-state index contributed by atoms with van der Waals surface area (Å²) in [6.07, 6.45) is -1.39. The van der Waals surface area contributed by atoms with Gasteiger partial charge >= 0.3 is 0 Å². The van der Waals surface area contributed by atoms with Gasteiger partial charge < -0.3 is 15.5 Å². The number of carbonyl (C=O) groups excluding carboxylic acids is 1. The van der Waals surface area contributed by atoms with E-state index in [0.29, 0.717) is 5.56 Å². The van der Waals surface area contributed by atoms with Gasteiger partial charge in [0.1, 0.15) is 11.6 Å². The second-order valence-corrected chi connectivity index (χ2v) is 3.96. The lowest BCUT2D eigenvalue weighted by Crippen LogP contribution is -2.20. The van der Waals surface area contributed by atoms with Gasteiger partial charge in [0.15, 0.2) is 6.10 Å². The molecule has 3 N–H and O–H groups in total. The van der Waals surface area contributed by atoms with E-state index in [9.17, 15) is 19.4 Å². The Hall–Kier alpha value is -2.40. The highest BCUT2D eigenvalue weighted by Crippen LogP contribution is 2.25. The van der Waals surface area contributed by atoms with E-state index in [4.69, 9.17) is 0 Å². The maximum Gasteiger partial charge on any atom is 0.257 e. The Morgan fingerprint density at radius 3 is 2.53 bits per heavy atom. The van der Waals surface area contributed by atoms with Crippen LogP contribution in [0.15, 0.2) is 48.5 Å². The number of aliphatic hydroxyl groups is 1. The number of hydrogen-bond donors (Lipinski definition) is 3. The number of phenolic OH excluding ortho intramolecular Hbond substituents is 1. The lowest BCUT2D eigenvalue weighted by molar-refractivity contribution is -0.124. The zero-order chi connectivity index (χ0) is 13.8.